The summed E-state index contributed by atoms with van der Waals surface area (Å²) in [6.45, 7) is 5.44. The Morgan fingerprint density at radius 2 is 1.71 bits per heavy atom. The zero-order valence-electron chi connectivity index (χ0n) is 15.2. The largest absolute Gasteiger partial charge is 0.416 e. The molecule has 0 unspecified atom stereocenters. The van der Waals surface area contributed by atoms with Crippen molar-refractivity contribution in [3.8, 4) is 0 Å². The number of nitrogens with one attached hydrogen (secondary N) is 2. The molecule has 2 amide bonds. The van der Waals surface area contributed by atoms with E-state index < -0.39 is 17.8 Å². The van der Waals surface area contributed by atoms with Crippen LogP contribution in [0.3, 0.4) is 0 Å². The Morgan fingerprint density at radius 3 is 2.29 bits per heavy atom. The van der Waals surface area contributed by atoms with Crippen molar-refractivity contribution in [2.75, 3.05) is 10.6 Å². The van der Waals surface area contributed by atoms with E-state index in [0.29, 0.717) is 11.4 Å². The van der Waals surface area contributed by atoms with Crippen molar-refractivity contribution in [1.29, 1.82) is 0 Å². The van der Waals surface area contributed by atoms with Crippen molar-refractivity contribution in [2.45, 2.75) is 13.1 Å². The van der Waals surface area contributed by atoms with E-state index in [1.165, 1.54) is 12.1 Å². The topological polar surface area (TPSA) is 67.1 Å². The number of urea groups is 1. The highest BCUT2D eigenvalue weighted by Crippen LogP contribution is 2.30. The van der Waals surface area contributed by atoms with Crippen LogP contribution in [0.15, 0.2) is 79.0 Å². The molecule has 28 heavy (non-hydrogen) atoms. The van der Waals surface area contributed by atoms with Gasteiger partial charge in [-0.1, -0.05) is 36.9 Å². The lowest BCUT2D eigenvalue weighted by Crippen LogP contribution is -2.19. The fourth-order valence-corrected chi connectivity index (χ4v) is 2.41. The van der Waals surface area contributed by atoms with E-state index in [9.17, 15) is 18.0 Å². The highest BCUT2D eigenvalue weighted by atomic mass is 19.4. The summed E-state index contributed by atoms with van der Waals surface area (Å²) in [4.78, 5) is 12.1. The summed E-state index contributed by atoms with van der Waals surface area (Å²) in [5, 5.41) is 4.96. The number of amides is 2. The van der Waals surface area contributed by atoms with Crippen LogP contribution in [0.25, 0.3) is 5.57 Å². The molecule has 2 aromatic rings. The van der Waals surface area contributed by atoms with Crippen molar-refractivity contribution in [1.82, 2.24) is 0 Å². The number of hydrogen-bond acceptors (Lipinski definition) is 2. The molecule has 0 saturated heterocycles. The van der Waals surface area contributed by atoms with Gasteiger partial charge in [-0.2, -0.15) is 13.2 Å². The van der Waals surface area contributed by atoms with Crippen LogP contribution >= 0.6 is 0 Å². The number of alkyl halides is 3. The molecule has 0 fully saturated rings. The lowest BCUT2D eigenvalue weighted by atomic mass is 10.0. The van der Waals surface area contributed by atoms with Crippen molar-refractivity contribution >= 4 is 23.0 Å². The van der Waals surface area contributed by atoms with Gasteiger partial charge in [-0.05, 0) is 54.5 Å². The predicted octanol–water partition coefficient (Wildman–Crippen LogP) is 5.78. The van der Waals surface area contributed by atoms with Gasteiger partial charge >= 0.3 is 12.2 Å². The molecule has 0 heterocycles. The van der Waals surface area contributed by atoms with Gasteiger partial charge in [0.15, 0.2) is 0 Å². The Kier molecular flexibility index (Phi) is 6.65. The second-order valence-electron chi connectivity index (χ2n) is 5.98. The fraction of sp³-hybridized carbons (Fsp3) is 0.0952. The molecule has 0 aromatic heterocycles. The van der Waals surface area contributed by atoms with Crippen LogP contribution in [0.4, 0.5) is 29.3 Å². The van der Waals surface area contributed by atoms with Gasteiger partial charge in [-0.15, -0.1) is 0 Å². The Balaban J connectivity index is 2.08. The summed E-state index contributed by atoms with van der Waals surface area (Å²) in [6, 6.07) is 10.7. The van der Waals surface area contributed by atoms with Gasteiger partial charge in [0.2, 0.25) is 0 Å². The molecule has 2 rings (SSSR count). The van der Waals surface area contributed by atoms with Crippen LogP contribution in [0.2, 0.25) is 0 Å². The SMILES string of the molecule is C=C/C=C(\C=C(\C)N)c1ccc(NC(=O)Nc2cccc(C(F)(F)F)c2)cc1. The number of anilines is 2. The van der Waals surface area contributed by atoms with Crippen molar-refractivity contribution < 1.29 is 18.0 Å². The Hall–Kier alpha value is -3.48. The Bertz CT molecular complexity index is 909. The molecule has 7 heteroatoms. The molecule has 0 bridgehead atoms. The normalized spacial score (nSPS) is 12.4. The lowest BCUT2D eigenvalue weighted by Gasteiger charge is -2.11. The van der Waals surface area contributed by atoms with Crippen LogP contribution in [-0.2, 0) is 6.18 Å². The first kappa shape index (κ1) is 20.8. The second kappa shape index (κ2) is 8.94. The summed E-state index contributed by atoms with van der Waals surface area (Å²) in [5.74, 6) is 0. The lowest BCUT2D eigenvalue weighted by molar-refractivity contribution is -0.137. The summed E-state index contributed by atoms with van der Waals surface area (Å²) in [7, 11) is 0. The van der Waals surface area contributed by atoms with Gasteiger partial charge in [-0.25, -0.2) is 4.79 Å². The maximum atomic E-state index is 12.7. The fourth-order valence-electron chi connectivity index (χ4n) is 2.41. The van der Waals surface area contributed by atoms with E-state index in [4.69, 9.17) is 5.73 Å². The van der Waals surface area contributed by atoms with Crippen LogP contribution in [0, 0.1) is 0 Å². The molecule has 0 aliphatic heterocycles. The van der Waals surface area contributed by atoms with E-state index in [1.807, 2.05) is 0 Å². The highest BCUT2D eigenvalue weighted by molar-refractivity contribution is 5.99. The average molecular weight is 387 g/mol. The van der Waals surface area contributed by atoms with Crippen LogP contribution in [0.1, 0.15) is 18.1 Å². The first-order chi connectivity index (χ1) is 13.2. The number of halogens is 3. The third kappa shape index (κ3) is 6.05. The Morgan fingerprint density at radius 1 is 1.07 bits per heavy atom. The molecule has 2 aromatic carbocycles. The molecule has 4 nitrogen and oxygen atoms in total. The minimum absolute atomic E-state index is 0.0451. The number of nitrogens with two attached hydrogens (primary N) is 1. The van der Waals surface area contributed by atoms with Crippen molar-refractivity contribution in [3.63, 3.8) is 0 Å². The number of carbonyl (C=O) groups is 1. The van der Waals surface area contributed by atoms with Gasteiger partial charge in [0.05, 0.1) is 5.56 Å². The van der Waals surface area contributed by atoms with Gasteiger partial charge in [0.25, 0.3) is 0 Å². The minimum Gasteiger partial charge on any atom is -0.402 e. The maximum absolute atomic E-state index is 12.7. The first-order valence-corrected chi connectivity index (χ1v) is 8.31. The molecule has 0 aliphatic carbocycles. The summed E-state index contributed by atoms with van der Waals surface area (Å²) >= 11 is 0. The van der Waals surface area contributed by atoms with Gasteiger partial charge in [-0.3, -0.25) is 0 Å². The van der Waals surface area contributed by atoms with E-state index in [0.717, 1.165) is 23.3 Å². The highest BCUT2D eigenvalue weighted by Gasteiger charge is 2.30. The van der Waals surface area contributed by atoms with E-state index in [-0.39, 0.29) is 5.69 Å². The number of hydrogen-bond donors (Lipinski definition) is 3. The zero-order valence-corrected chi connectivity index (χ0v) is 15.2. The molecule has 146 valence electrons. The zero-order chi connectivity index (χ0) is 20.7. The molecule has 4 N–H and O–H groups in total. The molecule has 0 spiro atoms. The summed E-state index contributed by atoms with van der Waals surface area (Å²) in [5.41, 5.74) is 7.78. The minimum atomic E-state index is -4.48. The Labute approximate surface area is 161 Å². The molecule has 0 atom stereocenters. The maximum Gasteiger partial charge on any atom is 0.416 e. The molecular weight excluding hydrogens is 367 g/mol. The number of rotatable bonds is 5. The van der Waals surface area contributed by atoms with E-state index >= 15 is 0 Å². The van der Waals surface area contributed by atoms with E-state index in [2.05, 4.69) is 17.2 Å². The standard InChI is InChI=1S/C21H20F3N3O/c1-3-5-16(12-14(2)25)15-8-10-18(11-9-15)26-20(28)27-19-7-4-6-17(13-19)21(22,23)24/h3-13H,1,25H2,2H3,(H2,26,27,28)/b14-12-,16-5+. The summed E-state index contributed by atoms with van der Waals surface area (Å²) < 4.78 is 38.2. The van der Waals surface area contributed by atoms with Crippen LogP contribution < -0.4 is 16.4 Å². The van der Waals surface area contributed by atoms with Crippen LogP contribution in [0.5, 0.6) is 0 Å². The monoisotopic (exact) mass is 387 g/mol. The molecule has 0 aliphatic rings. The predicted molar refractivity (Wildman–Crippen MR) is 107 cm³/mol. The smallest absolute Gasteiger partial charge is 0.402 e. The van der Waals surface area contributed by atoms with Gasteiger partial charge in [0.1, 0.15) is 0 Å². The van der Waals surface area contributed by atoms with Crippen molar-refractivity contribution in [2.24, 2.45) is 5.73 Å². The van der Waals surface area contributed by atoms with Crippen LogP contribution in [-0.4, -0.2) is 6.03 Å². The quantitative estimate of drug-likeness (QED) is 0.569. The average Bonchev–Trinajstić information content (AvgIpc) is 2.61. The first-order valence-electron chi connectivity index (χ1n) is 8.31. The number of carbonyl (C=O) groups excluding carboxylic acids is 1. The third-order valence-corrected chi connectivity index (χ3v) is 3.60. The molecule has 0 saturated carbocycles. The number of benzene rings is 2. The summed E-state index contributed by atoms with van der Waals surface area (Å²) in [6.07, 6.45) is 0.768. The second-order valence-corrected chi connectivity index (χ2v) is 5.98. The number of allylic oxidation sites excluding steroid dienone is 5. The molecule has 0 radical (unpaired) electrons. The third-order valence-electron chi connectivity index (χ3n) is 3.60. The van der Waals surface area contributed by atoms with Crippen molar-refractivity contribution in [3.05, 3.63) is 90.2 Å². The van der Waals surface area contributed by atoms with Gasteiger partial charge in [0, 0.05) is 17.1 Å². The van der Waals surface area contributed by atoms with Gasteiger partial charge < -0.3 is 16.4 Å². The molecular formula is C21H20F3N3O. The van der Waals surface area contributed by atoms with E-state index in [1.54, 1.807) is 49.4 Å².